The van der Waals surface area contributed by atoms with E-state index in [0.29, 0.717) is 48.6 Å². The lowest BCUT2D eigenvalue weighted by molar-refractivity contribution is 0.0608. The summed E-state index contributed by atoms with van der Waals surface area (Å²) < 4.78 is 10.6. The topological polar surface area (TPSA) is 71.1 Å². The van der Waals surface area contributed by atoms with Crippen LogP contribution in [-0.4, -0.2) is 56.7 Å². The number of rotatable bonds is 3. The average Bonchev–Trinajstić information content (AvgIpc) is 2.77. The first-order valence-corrected chi connectivity index (χ1v) is 9.65. The van der Waals surface area contributed by atoms with Gasteiger partial charge >= 0.3 is 0 Å². The van der Waals surface area contributed by atoms with Gasteiger partial charge in [-0.15, -0.1) is 0 Å². The number of likely N-dealkylation sites (tertiary alicyclic amines) is 1. The maximum absolute atomic E-state index is 13.1. The zero-order chi connectivity index (χ0) is 20.6. The number of amides is 2. The molecule has 2 heterocycles. The van der Waals surface area contributed by atoms with E-state index in [-0.39, 0.29) is 11.8 Å². The highest BCUT2D eigenvalue weighted by Gasteiger charge is 2.44. The highest BCUT2D eigenvalue weighted by Crippen LogP contribution is 2.36. The minimum atomic E-state index is -0.478. The molecule has 29 heavy (non-hydrogen) atoms. The number of piperidine rings is 1. The van der Waals surface area contributed by atoms with Crippen LogP contribution in [0.25, 0.3) is 0 Å². The number of methoxy groups -OCH3 is 2. The Balaban J connectivity index is 1.53. The first kappa shape index (κ1) is 19.1. The van der Waals surface area contributed by atoms with Crippen LogP contribution in [0.3, 0.4) is 0 Å². The smallest absolute Gasteiger partial charge is 0.255 e. The van der Waals surface area contributed by atoms with Gasteiger partial charge in [0, 0.05) is 44.6 Å². The molecule has 0 radical (unpaired) electrons. The van der Waals surface area contributed by atoms with Gasteiger partial charge in [-0.2, -0.15) is 0 Å². The lowest BCUT2D eigenvalue weighted by Gasteiger charge is -2.51. The van der Waals surface area contributed by atoms with E-state index < -0.39 is 5.66 Å². The number of ether oxygens (including phenoxy) is 2. The van der Waals surface area contributed by atoms with E-state index in [2.05, 4.69) is 10.2 Å². The van der Waals surface area contributed by atoms with Crippen molar-refractivity contribution in [3.63, 3.8) is 0 Å². The molecular formula is C22H25N3O4. The zero-order valence-electron chi connectivity index (χ0n) is 16.9. The number of fused-ring (bicyclic) bond motifs is 1. The van der Waals surface area contributed by atoms with Crippen molar-refractivity contribution >= 4 is 17.5 Å². The summed E-state index contributed by atoms with van der Waals surface area (Å²) in [5.41, 5.74) is 1.66. The lowest BCUT2D eigenvalue weighted by atomic mass is 9.90. The fourth-order valence-electron chi connectivity index (χ4n) is 4.20. The normalized spacial score (nSPS) is 17.6. The van der Waals surface area contributed by atoms with Gasteiger partial charge in [-0.1, -0.05) is 12.1 Å². The standard InChI is InChI=1S/C22H25N3O4/c1-24-19-7-5-4-6-18(19)20(26)23-22(24)8-10-25(11-9-22)21(27)15-12-16(28-2)14-17(13-15)29-3/h4-7,12-14H,8-11H2,1-3H3,(H,23,26). The van der Waals surface area contributed by atoms with E-state index in [0.717, 1.165) is 5.69 Å². The van der Waals surface area contributed by atoms with Crippen LogP contribution in [0.1, 0.15) is 33.6 Å². The number of anilines is 1. The van der Waals surface area contributed by atoms with Gasteiger partial charge in [-0.05, 0) is 24.3 Å². The van der Waals surface area contributed by atoms with E-state index in [1.165, 1.54) is 0 Å². The number of hydrogen-bond acceptors (Lipinski definition) is 5. The molecule has 0 saturated carbocycles. The highest BCUT2D eigenvalue weighted by molar-refractivity contribution is 6.02. The summed E-state index contributed by atoms with van der Waals surface area (Å²) in [5.74, 6) is 1.03. The molecule has 4 rings (SSSR count). The van der Waals surface area contributed by atoms with Crippen molar-refractivity contribution in [3.8, 4) is 11.5 Å². The van der Waals surface area contributed by atoms with E-state index >= 15 is 0 Å². The van der Waals surface area contributed by atoms with Crippen LogP contribution in [0.2, 0.25) is 0 Å². The first-order valence-electron chi connectivity index (χ1n) is 9.65. The number of para-hydroxylation sites is 1. The Bertz CT molecular complexity index is 929. The zero-order valence-corrected chi connectivity index (χ0v) is 16.9. The van der Waals surface area contributed by atoms with Crippen LogP contribution in [0.15, 0.2) is 42.5 Å². The maximum Gasteiger partial charge on any atom is 0.255 e. The third-order valence-electron chi connectivity index (χ3n) is 5.97. The van der Waals surface area contributed by atoms with E-state index in [1.807, 2.05) is 36.2 Å². The summed E-state index contributed by atoms with van der Waals surface area (Å²) in [7, 11) is 5.13. The largest absolute Gasteiger partial charge is 0.497 e. The number of carbonyl (C=O) groups is 2. The second-order valence-electron chi connectivity index (χ2n) is 7.46. The molecule has 2 amide bonds. The molecule has 0 aliphatic carbocycles. The van der Waals surface area contributed by atoms with Crippen molar-refractivity contribution in [2.24, 2.45) is 0 Å². The highest BCUT2D eigenvalue weighted by atomic mass is 16.5. The summed E-state index contributed by atoms with van der Waals surface area (Å²) >= 11 is 0. The molecule has 152 valence electrons. The fraction of sp³-hybridized carbons (Fsp3) is 0.364. The summed E-state index contributed by atoms with van der Waals surface area (Å²) in [4.78, 5) is 29.7. The molecule has 1 N–H and O–H groups in total. The summed E-state index contributed by atoms with van der Waals surface area (Å²) in [6.45, 7) is 1.09. The monoisotopic (exact) mass is 395 g/mol. The quantitative estimate of drug-likeness (QED) is 0.865. The maximum atomic E-state index is 13.1. The molecule has 1 saturated heterocycles. The van der Waals surface area contributed by atoms with Gasteiger partial charge < -0.3 is 24.6 Å². The second-order valence-corrected chi connectivity index (χ2v) is 7.46. The number of benzene rings is 2. The predicted molar refractivity (Wildman–Crippen MR) is 110 cm³/mol. The van der Waals surface area contributed by atoms with Crippen LogP contribution in [0.4, 0.5) is 5.69 Å². The van der Waals surface area contributed by atoms with Gasteiger partial charge in [0.15, 0.2) is 0 Å². The van der Waals surface area contributed by atoms with Gasteiger partial charge in [0.1, 0.15) is 17.2 Å². The van der Waals surface area contributed by atoms with Gasteiger partial charge in [0.2, 0.25) is 0 Å². The third-order valence-corrected chi connectivity index (χ3v) is 5.97. The van der Waals surface area contributed by atoms with Gasteiger partial charge in [0.25, 0.3) is 11.8 Å². The van der Waals surface area contributed by atoms with Crippen molar-refractivity contribution in [2.45, 2.75) is 18.5 Å². The van der Waals surface area contributed by atoms with Crippen LogP contribution < -0.4 is 19.7 Å². The fourth-order valence-corrected chi connectivity index (χ4v) is 4.20. The van der Waals surface area contributed by atoms with Crippen LogP contribution in [0, 0.1) is 0 Å². The predicted octanol–water partition coefficient (Wildman–Crippen LogP) is 2.52. The SMILES string of the molecule is COc1cc(OC)cc(C(=O)N2CCC3(CC2)NC(=O)c2ccccc2N3C)c1. The Morgan fingerprint density at radius 2 is 1.66 bits per heavy atom. The minimum Gasteiger partial charge on any atom is -0.497 e. The number of carbonyl (C=O) groups excluding carboxylic acids is 2. The van der Waals surface area contributed by atoms with Crippen molar-refractivity contribution in [1.29, 1.82) is 0 Å². The summed E-state index contributed by atoms with van der Waals surface area (Å²) in [5, 5.41) is 3.18. The van der Waals surface area contributed by atoms with E-state index in [9.17, 15) is 9.59 Å². The molecule has 2 aliphatic rings. The summed E-state index contributed by atoms with van der Waals surface area (Å²) in [6.07, 6.45) is 1.30. The Hall–Kier alpha value is -3.22. The summed E-state index contributed by atoms with van der Waals surface area (Å²) in [6, 6.07) is 12.8. The second kappa shape index (κ2) is 7.31. The number of nitrogens with zero attached hydrogens (tertiary/aromatic N) is 2. The van der Waals surface area contributed by atoms with Crippen molar-refractivity contribution < 1.29 is 19.1 Å². The Morgan fingerprint density at radius 1 is 1.03 bits per heavy atom. The molecule has 0 bridgehead atoms. The molecule has 7 nitrogen and oxygen atoms in total. The van der Waals surface area contributed by atoms with Crippen LogP contribution in [-0.2, 0) is 0 Å². The molecule has 1 spiro atoms. The molecule has 2 aromatic carbocycles. The molecule has 2 aromatic rings. The van der Waals surface area contributed by atoms with Gasteiger partial charge in [-0.25, -0.2) is 0 Å². The third kappa shape index (κ3) is 3.26. The minimum absolute atomic E-state index is 0.0593. The Morgan fingerprint density at radius 3 is 2.28 bits per heavy atom. The van der Waals surface area contributed by atoms with Crippen LogP contribution in [0.5, 0.6) is 11.5 Å². The number of hydrogen-bond donors (Lipinski definition) is 1. The Labute approximate surface area is 170 Å². The molecule has 0 atom stereocenters. The van der Waals surface area contributed by atoms with Crippen molar-refractivity contribution in [1.82, 2.24) is 10.2 Å². The van der Waals surface area contributed by atoms with Crippen LogP contribution >= 0.6 is 0 Å². The molecule has 2 aliphatic heterocycles. The molecule has 0 unspecified atom stereocenters. The first-order chi connectivity index (χ1) is 14.0. The molecular weight excluding hydrogens is 370 g/mol. The average molecular weight is 395 g/mol. The van der Waals surface area contributed by atoms with E-state index in [1.54, 1.807) is 32.4 Å². The molecule has 7 heteroatoms. The Kier molecular flexibility index (Phi) is 4.82. The number of nitrogens with one attached hydrogen (secondary N) is 1. The van der Waals surface area contributed by atoms with Gasteiger partial charge in [0.05, 0.1) is 25.5 Å². The van der Waals surface area contributed by atoms with Crippen molar-refractivity contribution in [2.75, 3.05) is 39.3 Å². The van der Waals surface area contributed by atoms with Gasteiger partial charge in [-0.3, -0.25) is 9.59 Å². The van der Waals surface area contributed by atoms with E-state index in [4.69, 9.17) is 9.47 Å². The molecule has 1 fully saturated rings. The van der Waals surface area contributed by atoms with Crippen molar-refractivity contribution in [3.05, 3.63) is 53.6 Å². The lowest BCUT2D eigenvalue weighted by Crippen LogP contribution is -2.67. The molecule has 0 aromatic heterocycles.